The molecular formula is C31H28O5. The van der Waals surface area contributed by atoms with Gasteiger partial charge in [0.05, 0.1) is 0 Å². The summed E-state index contributed by atoms with van der Waals surface area (Å²) in [7, 11) is 0. The van der Waals surface area contributed by atoms with Gasteiger partial charge >= 0.3 is 11.8 Å². The van der Waals surface area contributed by atoms with Crippen molar-refractivity contribution < 1.29 is 23.7 Å². The van der Waals surface area contributed by atoms with Crippen LogP contribution in [-0.2, 0) is 21.9 Å². The molecule has 0 N–H and O–H groups in total. The second-order valence-corrected chi connectivity index (χ2v) is 9.79. The largest absolute Gasteiger partial charge is 0.484 e. The second kappa shape index (κ2) is 9.44. The molecule has 0 aromatic heterocycles. The van der Waals surface area contributed by atoms with Gasteiger partial charge in [0.25, 0.3) is 0 Å². The van der Waals surface area contributed by atoms with Crippen LogP contribution >= 0.6 is 0 Å². The summed E-state index contributed by atoms with van der Waals surface area (Å²) < 4.78 is 24.9. The van der Waals surface area contributed by atoms with Crippen LogP contribution in [0.3, 0.4) is 0 Å². The fourth-order valence-electron chi connectivity index (χ4n) is 4.17. The third-order valence-electron chi connectivity index (χ3n) is 5.83. The van der Waals surface area contributed by atoms with Crippen molar-refractivity contribution in [2.24, 2.45) is 5.41 Å². The summed E-state index contributed by atoms with van der Waals surface area (Å²) in [6, 6.07) is 21.5. The summed E-state index contributed by atoms with van der Waals surface area (Å²) in [5.74, 6) is -0.0916. The molecule has 5 rings (SSSR count). The first-order chi connectivity index (χ1) is 17.4. The van der Waals surface area contributed by atoms with E-state index in [1.807, 2.05) is 78.9 Å². The molecule has 0 spiro atoms. The Morgan fingerprint density at radius 2 is 1.64 bits per heavy atom. The second-order valence-electron chi connectivity index (χ2n) is 9.79. The molecule has 182 valence electrons. The number of ether oxygens (including phenoxy) is 4. The molecule has 0 aliphatic carbocycles. The van der Waals surface area contributed by atoms with Crippen LogP contribution in [0.1, 0.15) is 43.0 Å². The van der Waals surface area contributed by atoms with Crippen molar-refractivity contribution in [3.05, 3.63) is 113 Å². The van der Waals surface area contributed by atoms with Gasteiger partial charge in [0.2, 0.25) is 5.75 Å². The molecule has 2 aliphatic rings. The Kier molecular flexibility index (Phi) is 6.17. The van der Waals surface area contributed by atoms with Crippen molar-refractivity contribution in [2.75, 3.05) is 6.61 Å². The maximum absolute atomic E-state index is 11.9. The molecule has 0 bridgehead atoms. The number of hydrogen-bond donors (Lipinski definition) is 0. The molecule has 3 aromatic carbocycles. The summed E-state index contributed by atoms with van der Waals surface area (Å²) in [5, 5.41) is 0. The normalized spacial score (nSPS) is 15.2. The number of carbonyl (C=O) groups excluding carboxylic acids is 1. The van der Waals surface area contributed by atoms with Crippen molar-refractivity contribution in [1.82, 2.24) is 0 Å². The summed E-state index contributed by atoms with van der Waals surface area (Å²) >= 11 is 0. The van der Waals surface area contributed by atoms with E-state index in [1.165, 1.54) is 6.08 Å². The average Bonchev–Trinajstić information content (AvgIpc) is 3.17. The quantitative estimate of drug-likeness (QED) is 0.306. The van der Waals surface area contributed by atoms with E-state index in [0.717, 1.165) is 22.3 Å². The SMILES string of the molecule is CC(C)(C)C=C=CCOc1c2c(cc3c1OC(c1ccccc1)(c1ccccc1)O3)COC(=O)C=C2. The number of carbonyl (C=O) groups is 1. The van der Waals surface area contributed by atoms with Gasteiger partial charge in [0.15, 0.2) is 11.5 Å². The molecule has 36 heavy (non-hydrogen) atoms. The molecule has 0 amide bonds. The molecule has 2 heterocycles. The molecule has 5 nitrogen and oxygen atoms in total. The van der Waals surface area contributed by atoms with Crippen molar-refractivity contribution in [3.8, 4) is 17.2 Å². The third-order valence-corrected chi connectivity index (χ3v) is 5.83. The van der Waals surface area contributed by atoms with Crippen molar-refractivity contribution in [3.63, 3.8) is 0 Å². The van der Waals surface area contributed by atoms with Crippen molar-refractivity contribution >= 4 is 12.0 Å². The Hall–Kier alpha value is -4.21. The monoisotopic (exact) mass is 480 g/mol. The Morgan fingerprint density at radius 1 is 0.972 bits per heavy atom. The minimum Gasteiger partial charge on any atom is -0.484 e. The van der Waals surface area contributed by atoms with E-state index in [1.54, 1.807) is 6.08 Å². The lowest BCUT2D eigenvalue weighted by molar-refractivity contribution is -0.138. The van der Waals surface area contributed by atoms with Crippen LogP contribution in [-0.4, -0.2) is 12.6 Å². The molecule has 0 radical (unpaired) electrons. The number of benzene rings is 3. The minimum absolute atomic E-state index is 0.0178. The fraction of sp³-hybridized carbons (Fsp3) is 0.226. The summed E-state index contributed by atoms with van der Waals surface area (Å²) in [4.78, 5) is 11.9. The maximum atomic E-state index is 11.9. The van der Waals surface area contributed by atoms with Crippen LogP contribution in [0.2, 0.25) is 0 Å². The topological polar surface area (TPSA) is 54.0 Å². The molecule has 5 heteroatoms. The number of esters is 1. The van der Waals surface area contributed by atoms with Gasteiger partial charge in [-0.2, -0.15) is 0 Å². The first-order valence-corrected chi connectivity index (χ1v) is 11.9. The van der Waals surface area contributed by atoms with Gasteiger partial charge in [-0.1, -0.05) is 81.4 Å². The number of cyclic esters (lactones) is 1. The maximum Gasteiger partial charge on any atom is 0.331 e. The van der Waals surface area contributed by atoms with Crippen LogP contribution in [0, 0.1) is 5.41 Å². The zero-order chi connectivity index (χ0) is 25.2. The molecular weight excluding hydrogens is 452 g/mol. The highest BCUT2D eigenvalue weighted by atomic mass is 16.7. The number of hydrogen-bond acceptors (Lipinski definition) is 5. The van der Waals surface area contributed by atoms with Crippen molar-refractivity contribution in [2.45, 2.75) is 33.2 Å². The molecule has 3 aromatic rings. The van der Waals surface area contributed by atoms with E-state index in [0.29, 0.717) is 17.2 Å². The van der Waals surface area contributed by atoms with Gasteiger partial charge in [0.1, 0.15) is 13.2 Å². The molecule has 0 atom stereocenters. The van der Waals surface area contributed by atoms with Crippen LogP contribution in [0.5, 0.6) is 17.2 Å². The Labute approximate surface area is 211 Å². The van der Waals surface area contributed by atoms with E-state index < -0.39 is 11.8 Å². The highest BCUT2D eigenvalue weighted by molar-refractivity contribution is 5.90. The van der Waals surface area contributed by atoms with Crippen LogP contribution < -0.4 is 14.2 Å². The van der Waals surface area contributed by atoms with E-state index in [-0.39, 0.29) is 18.6 Å². The van der Waals surface area contributed by atoms with Gasteiger partial charge in [-0.3, -0.25) is 0 Å². The van der Waals surface area contributed by atoms with E-state index >= 15 is 0 Å². The van der Waals surface area contributed by atoms with E-state index in [2.05, 4.69) is 26.5 Å². The van der Waals surface area contributed by atoms with E-state index in [4.69, 9.17) is 18.9 Å². The molecule has 0 saturated heterocycles. The summed E-state index contributed by atoms with van der Waals surface area (Å²) in [6.45, 7) is 6.71. The average molecular weight is 481 g/mol. The summed E-state index contributed by atoms with van der Waals surface area (Å²) in [6.07, 6.45) is 6.94. The van der Waals surface area contributed by atoms with Gasteiger partial charge < -0.3 is 18.9 Å². The first-order valence-electron chi connectivity index (χ1n) is 11.9. The standard InChI is InChI=1S/C31H28O5/c1-30(2,3)18-10-11-19-33-28-25-16-17-27(32)34-21-22(25)20-26-29(28)36-31(35-26,23-12-6-4-7-13-23)24-14-8-5-9-15-24/h4-9,11-18,20H,19,21H2,1-3H3. The van der Waals surface area contributed by atoms with Gasteiger partial charge in [0, 0.05) is 28.3 Å². The minimum atomic E-state index is -1.19. The summed E-state index contributed by atoms with van der Waals surface area (Å²) in [5.41, 5.74) is 6.41. The van der Waals surface area contributed by atoms with Gasteiger partial charge in [-0.05, 0) is 29.7 Å². The highest BCUT2D eigenvalue weighted by Gasteiger charge is 2.47. The predicted molar refractivity (Wildman–Crippen MR) is 138 cm³/mol. The van der Waals surface area contributed by atoms with Gasteiger partial charge in [-0.25, -0.2) is 4.79 Å². The molecule has 0 saturated carbocycles. The Balaban J connectivity index is 1.61. The van der Waals surface area contributed by atoms with E-state index in [9.17, 15) is 4.79 Å². The van der Waals surface area contributed by atoms with Crippen molar-refractivity contribution in [1.29, 1.82) is 0 Å². The molecule has 0 unspecified atom stereocenters. The fourth-order valence-corrected chi connectivity index (χ4v) is 4.17. The van der Waals surface area contributed by atoms with Gasteiger partial charge in [-0.15, -0.1) is 5.73 Å². The Morgan fingerprint density at radius 3 is 2.28 bits per heavy atom. The Bertz CT molecular complexity index is 1320. The smallest absolute Gasteiger partial charge is 0.331 e. The van der Waals surface area contributed by atoms with Crippen LogP contribution in [0.15, 0.2) is 90.7 Å². The third kappa shape index (κ3) is 4.66. The number of rotatable bonds is 5. The zero-order valence-corrected chi connectivity index (χ0v) is 20.6. The number of fused-ring (bicyclic) bond motifs is 2. The predicted octanol–water partition coefficient (Wildman–Crippen LogP) is 6.57. The van der Waals surface area contributed by atoms with Crippen LogP contribution in [0.4, 0.5) is 0 Å². The lowest BCUT2D eigenvalue weighted by Gasteiger charge is -2.28. The molecule has 0 fully saturated rings. The highest BCUT2D eigenvalue weighted by Crippen LogP contribution is 2.54. The lowest BCUT2D eigenvalue weighted by atomic mass is 9.97. The van der Waals surface area contributed by atoms with Crippen LogP contribution in [0.25, 0.3) is 6.08 Å². The lowest BCUT2D eigenvalue weighted by Crippen LogP contribution is -2.36. The molecule has 2 aliphatic heterocycles. The first kappa shape index (κ1) is 23.5. The zero-order valence-electron chi connectivity index (χ0n) is 20.6.